The van der Waals surface area contributed by atoms with Gasteiger partial charge in [0.15, 0.2) is 5.41 Å². The zero-order valence-electron chi connectivity index (χ0n) is 15.1. The Morgan fingerprint density at radius 1 is 0.857 bits per heavy atom. The van der Waals surface area contributed by atoms with E-state index in [1.54, 1.807) is 55.5 Å². The van der Waals surface area contributed by atoms with Gasteiger partial charge in [0.25, 0.3) is 0 Å². The SMILES string of the molecule is C[C@@]12OC(=N)[C@@](C#N)([C@H]1c1ccccc1)C(C#N)(C#N)[C@H](c1ccccc1)O2. The number of rotatable bonds is 2. The van der Waals surface area contributed by atoms with Gasteiger partial charge in [-0.05, 0) is 11.1 Å². The molecule has 2 aliphatic rings. The van der Waals surface area contributed by atoms with Crippen molar-refractivity contribution in [2.75, 3.05) is 0 Å². The monoisotopic (exact) mass is 368 g/mol. The van der Waals surface area contributed by atoms with E-state index >= 15 is 0 Å². The van der Waals surface area contributed by atoms with Crippen molar-refractivity contribution in [1.29, 1.82) is 21.2 Å². The molecule has 6 nitrogen and oxygen atoms in total. The summed E-state index contributed by atoms with van der Waals surface area (Å²) in [5.41, 5.74) is -2.52. The van der Waals surface area contributed by atoms with E-state index < -0.39 is 34.5 Å². The summed E-state index contributed by atoms with van der Waals surface area (Å²) in [7, 11) is 0. The van der Waals surface area contributed by atoms with Crippen molar-refractivity contribution in [2.24, 2.45) is 10.8 Å². The van der Waals surface area contributed by atoms with Crippen LogP contribution in [-0.4, -0.2) is 11.7 Å². The second-order valence-electron chi connectivity index (χ2n) is 7.15. The predicted molar refractivity (Wildman–Crippen MR) is 98.4 cm³/mol. The average molecular weight is 368 g/mol. The van der Waals surface area contributed by atoms with Crippen LogP contribution < -0.4 is 0 Å². The van der Waals surface area contributed by atoms with Crippen LogP contribution in [0.15, 0.2) is 60.7 Å². The molecule has 0 unspecified atom stereocenters. The van der Waals surface area contributed by atoms with Crippen molar-refractivity contribution in [1.82, 2.24) is 0 Å². The molecule has 0 radical (unpaired) electrons. The van der Waals surface area contributed by atoms with Crippen molar-refractivity contribution in [3.05, 3.63) is 71.8 Å². The summed E-state index contributed by atoms with van der Waals surface area (Å²) in [6.45, 7) is 1.66. The van der Waals surface area contributed by atoms with Crippen molar-refractivity contribution in [3.63, 3.8) is 0 Å². The summed E-state index contributed by atoms with van der Waals surface area (Å²) in [6, 6.07) is 24.1. The Morgan fingerprint density at radius 3 is 1.89 bits per heavy atom. The lowest BCUT2D eigenvalue weighted by Crippen LogP contribution is -2.57. The average Bonchev–Trinajstić information content (AvgIpc) is 2.92. The van der Waals surface area contributed by atoms with Crippen LogP contribution in [0.3, 0.4) is 0 Å². The lowest BCUT2D eigenvalue weighted by molar-refractivity contribution is -0.253. The lowest BCUT2D eigenvalue weighted by atomic mass is 9.52. The van der Waals surface area contributed by atoms with Gasteiger partial charge in [0.1, 0.15) is 6.10 Å². The Morgan fingerprint density at radius 2 is 1.39 bits per heavy atom. The molecule has 2 aromatic carbocycles. The Hall–Kier alpha value is -3.66. The Bertz CT molecular complexity index is 1050. The smallest absolute Gasteiger partial charge is 0.218 e. The third-order valence-electron chi connectivity index (χ3n) is 5.75. The molecule has 136 valence electrons. The molecule has 4 atom stereocenters. The first-order valence-corrected chi connectivity index (χ1v) is 8.78. The normalized spacial score (nSPS) is 32.4. The second kappa shape index (κ2) is 5.92. The zero-order chi connectivity index (χ0) is 20.0. The van der Waals surface area contributed by atoms with Crippen LogP contribution in [-0.2, 0) is 9.47 Å². The van der Waals surface area contributed by atoms with Crippen LogP contribution in [0.2, 0.25) is 0 Å². The van der Waals surface area contributed by atoms with Crippen LogP contribution in [0, 0.1) is 50.2 Å². The standard InChI is InChI=1S/C22H16N4O2/c1-20-17(15-8-4-2-5-9-15)22(14-25,19(26)28-20)21(12-23,13-24)18(27-20)16-10-6-3-7-11-16/h2-11,17-18,26H,1H3/t17-,18-,20+,22+/m0/s1. The summed E-state index contributed by atoms with van der Waals surface area (Å²) in [6.07, 6.45) is -1.05. The molecule has 2 bridgehead atoms. The summed E-state index contributed by atoms with van der Waals surface area (Å²) in [4.78, 5) is 0. The van der Waals surface area contributed by atoms with E-state index in [0.29, 0.717) is 11.1 Å². The van der Waals surface area contributed by atoms with E-state index in [2.05, 4.69) is 18.2 Å². The molecular weight excluding hydrogens is 352 g/mol. The van der Waals surface area contributed by atoms with Gasteiger partial charge in [0.05, 0.1) is 24.1 Å². The number of nitriles is 3. The topological polar surface area (TPSA) is 114 Å². The van der Waals surface area contributed by atoms with E-state index in [1.807, 2.05) is 12.1 Å². The molecule has 2 fully saturated rings. The molecule has 6 heteroatoms. The fourth-order valence-electron chi connectivity index (χ4n) is 4.56. The molecule has 1 N–H and O–H groups in total. The highest BCUT2D eigenvalue weighted by Crippen LogP contribution is 2.69. The summed E-state index contributed by atoms with van der Waals surface area (Å²) >= 11 is 0. The van der Waals surface area contributed by atoms with Gasteiger partial charge >= 0.3 is 0 Å². The summed E-state index contributed by atoms with van der Waals surface area (Å²) in [5.74, 6) is -2.59. The maximum absolute atomic E-state index is 10.3. The molecule has 0 aliphatic carbocycles. The van der Waals surface area contributed by atoms with E-state index in [4.69, 9.17) is 14.9 Å². The van der Waals surface area contributed by atoms with Crippen molar-refractivity contribution in [3.8, 4) is 18.2 Å². The molecule has 0 aromatic heterocycles. The number of hydrogen-bond acceptors (Lipinski definition) is 6. The van der Waals surface area contributed by atoms with Crippen molar-refractivity contribution >= 4 is 5.90 Å². The molecule has 2 aliphatic heterocycles. The van der Waals surface area contributed by atoms with Crippen LogP contribution in [0.5, 0.6) is 0 Å². The minimum atomic E-state index is -1.96. The van der Waals surface area contributed by atoms with Gasteiger partial charge in [-0.3, -0.25) is 5.41 Å². The van der Waals surface area contributed by atoms with Crippen LogP contribution in [0.4, 0.5) is 0 Å². The molecule has 2 aromatic rings. The van der Waals surface area contributed by atoms with Crippen LogP contribution >= 0.6 is 0 Å². The summed E-state index contributed by atoms with van der Waals surface area (Å²) < 4.78 is 12.0. The van der Waals surface area contributed by atoms with Gasteiger partial charge in [0.2, 0.25) is 17.1 Å². The van der Waals surface area contributed by atoms with Gasteiger partial charge in [-0.15, -0.1) is 0 Å². The number of nitrogens with one attached hydrogen (secondary N) is 1. The van der Waals surface area contributed by atoms with Crippen molar-refractivity contribution < 1.29 is 9.47 Å². The predicted octanol–water partition coefficient (Wildman–Crippen LogP) is 3.81. The third kappa shape index (κ3) is 1.94. The van der Waals surface area contributed by atoms with E-state index in [-0.39, 0.29) is 0 Å². The minimum Gasteiger partial charge on any atom is -0.447 e. The van der Waals surface area contributed by atoms with E-state index in [1.165, 1.54) is 0 Å². The van der Waals surface area contributed by atoms with Crippen LogP contribution in [0.25, 0.3) is 0 Å². The van der Waals surface area contributed by atoms with Gasteiger partial charge in [-0.25, -0.2) is 0 Å². The van der Waals surface area contributed by atoms with Gasteiger partial charge in [0, 0.05) is 6.92 Å². The molecule has 2 saturated heterocycles. The molecule has 0 spiro atoms. The first kappa shape index (κ1) is 17.7. The number of nitrogens with zero attached hydrogens (tertiary/aromatic N) is 3. The molecule has 4 rings (SSSR count). The minimum absolute atomic E-state index is 0.409. The number of benzene rings is 2. The van der Waals surface area contributed by atoms with E-state index in [9.17, 15) is 15.8 Å². The first-order chi connectivity index (χ1) is 13.5. The molecule has 0 amide bonds. The number of hydrogen-bond donors (Lipinski definition) is 1. The Balaban J connectivity index is 2.05. The highest BCUT2D eigenvalue weighted by Gasteiger charge is 2.79. The number of ether oxygens (including phenoxy) is 2. The molecule has 28 heavy (non-hydrogen) atoms. The largest absolute Gasteiger partial charge is 0.447 e. The Kier molecular flexibility index (Phi) is 3.75. The third-order valence-corrected chi connectivity index (χ3v) is 5.75. The lowest BCUT2D eigenvalue weighted by Gasteiger charge is -2.48. The second-order valence-corrected chi connectivity index (χ2v) is 7.15. The maximum atomic E-state index is 10.3. The first-order valence-electron chi connectivity index (χ1n) is 8.78. The quantitative estimate of drug-likeness (QED) is 0.866. The van der Waals surface area contributed by atoms with E-state index in [0.717, 1.165) is 0 Å². The molecule has 0 saturated carbocycles. The highest BCUT2D eigenvalue weighted by molar-refractivity contribution is 5.90. The van der Waals surface area contributed by atoms with Gasteiger partial charge in [-0.2, -0.15) is 15.8 Å². The van der Waals surface area contributed by atoms with Gasteiger partial charge < -0.3 is 9.47 Å². The summed E-state index contributed by atoms with van der Waals surface area (Å²) in [5, 5.41) is 39.2. The zero-order valence-corrected chi connectivity index (χ0v) is 15.1. The Labute approximate surface area is 162 Å². The fraction of sp³-hybridized carbons (Fsp3) is 0.273. The number of fused-ring (bicyclic) bond motifs is 2. The van der Waals surface area contributed by atoms with Gasteiger partial charge in [-0.1, -0.05) is 60.7 Å². The molecule has 2 heterocycles. The molecular formula is C22H16N4O2. The maximum Gasteiger partial charge on any atom is 0.218 e. The fourth-order valence-corrected chi connectivity index (χ4v) is 4.56. The van der Waals surface area contributed by atoms with Crippen LogP contribution in [0.1, 0.15) is 30.1 Å². The highest BCUT2D eigenvalue weighted by atomic mass is 16.7. The van der Waals surface area contributed by atoms with Crippen molar-refractivity contribution in [2.45, 2.75) is 24.7 Å².